The van der Waals surface area contributed by atoms with Gasteiger partial charge in [0.1, 0.15) is 0 Å². The van der Waals surface area contributed by atoms with E-state index < -0.39 is 5.97 Å². The normalized spacial score (nSPS) is 13.3. The average Bonchev–Trinajstić information content (AvgIpc) is 2.10. The van der Waals surface area contributed by atoms with E-state index in [-0.39, 0.29) is 5.57 Å². The summed E-state index contributed by atoms with van der Waals surface area (Å²) in [5.74, 6) is -0.397. The summed E-state index contributed by atoms with van der Waals surface area (Å²) in [6, 6.07) is 0. The Bertz CT molecular complexity index is 267. The van der Waals surface area contributed by atoms with Crippen LogP contribution in [0.5, 0.6) is 0 Å². The SMILES string of the molecule is CC(C)C/N=C/C=C\C(=C/I)C(=O)O. The van der Waals surface area contributed by atoms with Crippen molar-refractivity contribution in [1.29, 1.82) is 0 Å². The number of rotatable bonds is 5. The number of aliphatic imine (C=N–C) groups is 1. The number of hydrogen-bond donors (Lipinski definition) is 1. The summed E-state index contributed by atoms with van der Waals surface area (Å²) in [5, 5.41) is 8.65. The van der Waals surface area contributed by atoms with E-state index in [4.69, 9.17) is 5.11 Å². The minimum atomic E-state index is -0.923. The molecule has 0 aliphatic rings. The zero-order chi connectivity index (χ0) is 11.0. The van der Waals surface area contributed by atoms with E-state index in [2.05, 4.69) is 18.8 Å². The van der Waals surface area contributed by atoms with Crippen LogP contribution in [0.25, 0.3) is 0 Å². The van der Waals surface area contributed by atoms with Crippen molar-refractivity contribution in [3.05, 3.63) is 21.8 Å². The summed E-state index contributed by atoms with van der Waals surface area (Å²) in [5.41, 5.74) is 0.265. The van der Waals surface area contributed by atoms with Crippen molar-refractivity contribution in [3.8, 4) is 0 Å². The van der Waals surface area contributed by atoms with Gasteiger partial charge in [0.2, 0.25) is 0 Å². The molecule has 0 aromatic heterocycles. The Labute approximate surface area is 97.8 Å². The molecule has 14 heavy (non-hydrogen) atoms. The maximum absolute atomic E-state index is 10.5. The summed E-state index contributed by atoms with van der Waals surface area (Å²) in [6.07, 6.45) is 4.79. The van der Waals surface area contributed by atoms with Crippen molar-refractivity contribution >= 4 is 34.8 Å². The lowest BCUT2D eigenvalue weighted by Crippen LogP contribution is -1.96. The second-order valence-electron chi connectivity index (χ2n) is 3.14. The number of hydrogen-bond acceptors (Lipinski definition) is 2. The Kier molecular flexibility index (Phi) is 7.37. The van der Waals surface area contributed by atoms with Gasteiger partial charge in [-0.1, -0.05) is 36.4 Å². The fourth-order valence-electron chi connectivity index (χ4n) is 0.634. The second-order valence-corrected chi connectivity index (χ2v) is 3.76. The predicted octanol–water partition coefficient (Wildman–Crippen LogP) is 2.67. The minimum absolute atomic E-state index is 0.265. The molecule has 0 aliphatic carbocycles. The third-order valence-electron chi connectivity index (χ3n) is 1.30. The molecule has 0 bridgehead atoms. The summed E-state index contributed by atoms with van der Waals surface area (Å²) in [7, 11) is 0. The van der Waals surface area contributed by atoms with E-state index in [1.165, 1.54) is 10.2 Å². The third kappa shape index (κ3) is 6.82. The Morgan fingerprint density at radius 2 is 2.21 bits per heavy atom. The van der Waals surface area contributed by atoms with Gasteiger partial charge in [0, 0.05) is 12.8 Å². The van der Waals surface area contributed by atoms with Crippen molar-refractivity contribution < 1.29 is 9.90 Å². The molecule has 78 valence electrons. The predicted molar refractivity (Wildman–Crippen MR) is 67.1 cm³/mol. The maximum Gasteiger partial charge on any atom is 0.336 e. The number of carbonyl (C=O) groups is 1. The molecular formula is C10H14INO2. The van der Waals surface area contributed by atoms with Crippen LogP contribution in [0.2, 0.25) is 0 Å². The first-order valence-corrected chi connectivity index (χ1v) is 5.52. The van der Waals surface area contributed by atoms with Gasteiger partial charge in [-0.15, -0.1) is 0 Å². The van der Waals surface area contributed by atoms with Crippen molar-refractivity contribution in [3.63, 3.8) is 0 Å². The summed E-state index contributed by atoms with van der Waals surface area (Å²) >= 11 is 1.90. The Balaban J connectivity index is 4.05. The number of halogens is 1. The smallest absolute Gasteiger partial charge is 0.336 e. The van der Waals surface area contributed by atoms with Crippen molar-refractivity contribution in [1.82, 2.24) is 0 Å². The van der Waals surface area contributed by atoms with E-state index >= 15 is 0 Å². The quantitative estimate of drug-likeness (QED) is 0.367. The van der Waals surface area contributed by atoms with E-state index in [9.17, 15) is 4.79 Å². The molecule has 4 heteroatoms. The van der Waals surface area contributed by atoms with Crippen LogP contribution < -0.4 is 0 Å². The third-order valence-corrected chi connectivity index (χ3v) is 1.97. The van der Waals surface area contributed by atoms with Gasteiger partial charge in [-0.3, -0.25) is 4.99 Å². The van der Waals surface area contributed by atoms with Gasteiger partial charge >= 0.3 is 5.97 Å². The van der Waals surface area contributed by atoms with Crippen LogP contribution in [0, 0.1) is 5.92 Å². The molecule has 0 radical (unpaired) electrons. The van der Waals surface area contributed by atoms with Gasteiger partial charge in [-0.2, -0.15) is 0 Å². The Hall–Kier alpha value is -0.650. The van der Waals surface area contributed by atoms with Crippen LogP contribution in [0.3, 0.4) is 0 Å². The molecule has 0 saturated carbocycles. The van der Waals surface area contributed by atoms with Gasteiger partial charge in [0.25, 0.3) is 0 Å². The van der Waals surface area contributed by atoms with Gasteiger partial charge in [0.05, 0.1) is 5.57 Å². The first kappa shape index (κ1) is 13.4. The molecule has 0 aromatic carbocycles. The maximum atomic E-state index is 10.5. The molecule has 0 saturated heterocycles. The summed E-state index contributed by atoms with van der Waals surface area (Å²) in [4.78, 5) is 14.6. The molecule has 0 aliphatic heterocycles. The topological polar surface area (TPSA) is 49.7 Å². The average molecular weight is 307 g/mol. The van der Waals surface area contributed by atoms with Gasteiger partial charge in [-0.05, 0) is 22.2 Å². The molecule has 0 atom stereocenters. The molecular weight excluding hydrogens is 293 g/mol. The first-order valence-electron chi connectivity index (χ1n) is 4.28. The fourth-order valence-corrected chi connectivity index (χ4v) is 1.11. The largest absolute Gasteiger partial charge is 0.478 e. The minimum Gasteiger partial charge on any atom is -0.478 e. The van der Waals surface area contributed by atoms with Gasteiger partial charge < -0.3 is 5.11 Å². The summed E-state index contributed by atoms with van der Waals surface area (Å²) < 4.78 is 1.52. The number of allylic oxidation sites excluding steroid dienone is 1. The van der Waals surface area contributed by atoms with E-state index in [0.717, 1.165) is 6.54 Å². The van der Waals surface area contributed by atoms with Gasteiger partial charge in [-0.25, -0.2) is 4.79 Å². The van der Waals surface area contributed by atoms with Crippen molar-refractivity contribution in [2.24, 2.45) is 10.9 Å². The molecule has 0 rings (SSSR count). The highest BCUT2D eigenvalue weighted by Gasteiger charge is 1.99. The van der Waals surface area contributed by atoms with E-state index in [0.29, 0.717) is 5.92 Å². The molecule has 0 amide bonds. The molecule has 0 heterocycles. The highest BCUT2D eigenvalue weighted by Crippen LogP contribution is 2.00. The van der Waals surface area contributed by atoms with Crippen LogP contribution in [0.1, 0.15) is 13.8 Å². The Morgan fingerprint density at radius 3 is 2.64 bits per heavy atom. The highest BCUT2D eigenvalue weighted by molar-refractivity contribution is 14.1. The number of carboxylic acid groups (broad SMARTS) is 1. The van der Waals surface area contributed by atoms with Crippen LogP contribution in [0.4, 0.5) is 0 Å². The highest BCUT2D eigenvalue weighted by atomic mass is 127. The lowest BCUT2D eigenvalue weighted by Gasteiger charge is -1.94. The molecule has 3 nitrogen and oxygen atoms in total. The number of aliphatic carboxylic acids is 1. The first-order chi connectivity index (χ1) is 6.57. The molecule has 1 N–H and O–H groups in total. The molecule has 0 aromatic rings. The molecule has 0 fully saturated rings. The van der Waals surface area contributed by atoms with Crippen LogP contribution in [0.15, 0.2) is 26.8 Å². The van der Waals surface area contributed by atoms with Crippen molar-refractivity contribution in [2.45, 2.75) is 13.8 Å². The lowest BCUT2D eigenvalue weighted by atomic mass is 10.2. The summed E-state index contributed by atoms with van der Waals surface area (Å²) in [6.45, 7) is 4.92. The molecule has 0 spiro atoms. The molecule has 0 unspecified atom stereocenters. The second kappa shape index (κ2) is 7.73. The fraction of sp³-hybridized carbons (Fsp3) is 0.400. The van der Waals surface area contributed by atoms with E-state index in [1.54, 1.807) is 12.3 Å². The van der Waals surface area contributed by atoms with Crippen LogP contribution in [-0.2, 0) is 4.79 Å². The van der Waals surface area contributed by atoms with E-state index in [1.807, 2.05) is 22.6 Å². The zero-order valence-corrected chi connectivity index (χ0v) is 10.4. The zero-order valence-electron chi connectivity index (χ0n) is 8.27. The van der Waals surface area contributed by atoms with Crippen LogP contribution in [-0.4, -0.2) is 23.8 Å². The standard InChI is InChI=1S/C10H14INO2/c1-8(2)7-12-5-3-4-9(6-11)10(13)14/h3-6,8H,7H2,1-2H3,(H,13,14)/b4-3-,9-6+,12-5+. The van der Waals surface area contributed by atoms with Crippen LogP contribution >= 0.6 is 22.6 Å². The lowest BCUT2D eigenvalue weighted by molar-refractivity contribution is -0.132. The number of carboxylic acids is 1. The monoisotopic (exact) mass is 307 g/mol. The van der Waals surface area contributed by atoms with Gasteiger partial charge in [0.15, 0.2) is 0 Å². The Morgan fingerprint density at radius 1 is 1.57 bits per heavy atom. The number of nitrogens with zero attached hydrogens (tertiary/aromatic N) is 1. The van der Waals surface area contributed by atoms with Crippen molar-refractivity contribution in [2.75, 3.05) is 6.54 Å².